The second kappa shape index (κ2) is 6.48. The van der Waals surface area contributed by atoms with E-state index in [-0.39, 0.29) is 17.7 Å². The van der Waals surface area contributed by atoms with Crippen molar-refractivity contribution in [3.63, 3.8) is 0 Å². The summed E-state index contributed by atoms with van der Waals surface area (Å²) in [4.78, 5) is 24.6. The quantitative estimate of drug-likeness (QED) is 0.774. The lowest BCUT2D eigenvalue weighted by Gasteiger charge is -2.11. The molecule has 1 aromatic carbocycles. The van der Waals surface area contributed by atoms with Gasteiger partial charge in [0.1, 0.15) is 0 Å². The minimum Gasteiger partial charge on any atom is -0.351 e. The van der Waals surface area contributed by atoms with Crippen molar-refractivity contribution in [3.05, 3.63) is 29.8 Å². The van der Waals surface area contributed by atoms with E-state index in [4.69, 9.17) is 5.73 Å². The molecule has 2 unspecified atom stereocenters. The average Bonchev–Trinajstić information content (AvgIpc) is 3.27. The highest BCUT2D eigenvalue weighted by molar-refractivity contribution is 6.04. The molecule has 0 radical (unpaired) electrons. The first kappa shape index (κ1) is 15.0. The fraction of sp³-hybridized carbons (Fsp3) is 0.529. The molecule has 2 aliphatic carbocycles. The highest BCUT2D eigenvalue weighted by Crippen LogP contribution is 2.55. The standard InChI is InChI=1S/C17H23N3O2/c18-9-10-19-16(21)13-7-3-4-8-14(13)20-17(22)15-11-5-1-2-6-12(11)15/h3-4,7-8,11-12,15H,1-2,5-6,9-10,18H2,(H,19,21)(H,20,22). The number of para-hydroxylation sites is 1. The number of hydrogen-bond donors (Lipinski definition) is 3. The van der Waals surface area contributed by atoms with Gasteiger partial charge < -0.3 is 16.4 Å². The fourth-order valence-corrected chi connectivity index (χ4v) is 3.67. The number of hydrogen-bond acceptors (Lipinski definition) is 3. The molecule has 0 aliphatic heterocycles. The molecule has 2 atom stereocenters. The highest BCUT2D eigenvalue weighted by atomic mass is 16.2. The average molecular weight is 301 g/mol. The second-order valence-corrected chi connectivity index (χ2v) is 6.22. The van der Waals surface area contributed by atoms with Crippen LogP contribution in [0.1, 0.15) is 36.0 Å². The van der Waals surface area contributed by atoms with Gasteiger partial charge in [-0.1, -0.05) is 25.0 Å². The first-order chi connectivity index (χ1) is 10.7. The van der Waals surface area contributed by atoms with Crippen LogP contribution in [0.4, 0.5) is 5.69 Å². The summed E-state index contributed by atoms with van der Waals surface area (Å²) < 4.78 is 0. The molecule has 22 heavy (non-hydrogen) atoms. The van der Waals surface area contributed by atoms with Gasteiger partial charge >= 0.3 is 0 Å². The van der Waals surface area contributed by atoms with Crippen LogP contribution in [0.25, 0.3) is 0 Å². The normalized spacial score (nSPS) is 26.0. The predicted octanol–water partition coefficient (Wildman–Crippen LogP) is 1.75. The molecule has 2 aliphatic rings. The van der Waals surface area contributed by atoms with Crippen LogP contribution in [0.5, 0.6) is 0 Å². The zero-order chi connectivity index (χ0) is 15.5. The first-order valence-electron chi connectivity index (χ1n) is 8.10. The minimum atomic E-state index is -0.199. The van der Waals surface area contributed by atoms with Gasteiger partial charge in [0.15, 0.2) is 0 Å². The van der Waals surface area contributed by atoms with Crippen molar-refractivity contribution in [1.82, 2.24) is 5.32 Å². The summed E-state index contributed by atoms with van der Waals surface area (Å²) in [5.74, 6) is 1.13. The zero-order valence-corrected chi connectivity index (χ0v) is 12.7. The van der Waals surface area contributed by atoms with Gasteiger partial charge in [-0.3, -0.25) is 9.59 Å². The third-order valence-corrected chi connectivity index (χ3v) is 4.82. The number of anilines is 1. The maximum Gasteiger partial charge on any atom is 0.253 e. The Morgan fingerprint density at radius 2 is 1.82 bits per heavy atom. The van der Waals surface area contributed by atoms with Crippen LogP contribution in [0.2, 0.25) is 0 Å². The van der Waals surface area contributed by atoms with Crippen LogP contribution < -0.4 is 16.4 Å². The van der Waals surface area contributed by atoms with E-state index in [1.165, 1.54) is 25.7 Å². The van der Waals surface area contributed by atoms with Gasteiger partial charge in [0, 0.05) is 19.0 Å². The third kappa shape index (κ3) is 2.99. The smallest absolute Gasteiger partial charge is 0.253 e. The maximum atomic E-state index is 12.5. The van der Waals surface area contributed by atoms with Gasteiger partial charge in [-0.05, 0) is 36.8 Å². The monoisotopic (exact) mass is 301 g/mol. The van der Waals surface area contributed by atoms with Gasteiger partial charge in [-0.2, -0.15) is 0 Å². The van der Waals surface area contributed by atoms with Gasteiger partial charge in [0.25, 0.3) is 5.91 Å². The molecule has 0 bridgehead atoms. The molecular weight excluding hydrogens is 278 g/mol. The van der Waals surface area contributed by atoms with E-state index in [1.807, 2.05) is 6.07 Å². The van der Waals surface area contributed by atoms with E-state index in [1.54, 1.807) is 18.2 Å². The molecule has 5 nitrogen and oxygen atoms in total. The zero-order valence-electron chi connectivity index (χ0n) is 12.7. The number of nitrogens with one attached hydrogen (secondary N) is 2. The molecule has 0 spiro atoms. The molecule has 118 valence electrons. The molecule has 1 aromatic rings. The van der Waals surface area contributed by atoms with Gasteiger partial charge in [0.05, 0.1) is 11.3 Å². The number of carbonyl (C=O) groups is 2. The van der Waals surface area contributed by atoms with E-state index in [0.29, 0.717) is 36.2 Å². The number of fused-ring (bicyclic) bond motifs is 1. The summed E-state index contributed by atoms with van der Waals surface area (Å²) >= 11 is 0. The number of benzene rings is 1. The van der Waals surface area contributed by atoms with E-state index in [9.17, 15) is 9.59 Å². The van der Waals surface area contributed by atoms with Crippen molar-refractivity contribution in [2.75, 3.05) is 18.4 Å². The molecule has 2 fully saturated rings. The Kier molecular flexibility index (Phi) is 4.43. The molecule has 5 heteroatoms. The number of amides is 2. The van der Waals surface area contributed by atoms with Crippen molar-refractivity contribution in [2.45, 2.75) is 25.7 Å². The van der Waals surface area contributed by atoms with Crippen molar-refractivity contribution < 1.29 is 9.59 Å². The highest BCUT2D eigenvalue weighted by Gasteiger charge is 2.54. The van der Waals surface area contributed by atoms with Crippen LogP contribution in [0.15, 0.2) is 24.3 Å². The molecule has 4 N–H and O–H groups in total. The molecule has 0 aromatic heterocycles. The third-order valence-electron chi connectivity index (χ3n) is 4.82. The Labute approximate surface area is 130 Å². The molecular formula is C17H23N3O2. The van der Waals surface area contributed by atoms with Crippen molar-refractivity contribution in [1.29, 1.82) is 0 Å². The lowest BCUT2D eigenvalue weighted by Crippen LogP contribution is -2.30. The lowest BCUT2D eigenvalue weighted by molar-refractivity contribution is -0.117. The minimum absolute atomic E-state index is 0.0657. The Morgan fingerprint density at radius 3 is 2.50 bits per heavy atom. The van der Waals surface area contributed by atoms with Gasteiger partial charge in [-0.25, -0.2) is 0 Å². The lowest BCUT2D eigenvalue weighted by atomic mass is 10.0. The Hall–Kier alpha value is -1.88. The topological polar surface area (TPSA) is 84.2 Å². The van der Waals surface area contributed by atoms with Crippen molar-refractivity contribution in [3.8, 4) is 0 Å². The maximum absolute atomic E-state index is 12.5. The first-order valence-corrected chi connectivity index (χ1v) is 8.10. The largest absolute Gasteiger partial charge is 0.351 e. The van der Waals surface area contributed by atoms with E-state index in [2.05, 4.69) is 10.6 Å². The van der Waals surface area contributed by atoms with E-state index >= 15 is 0 Å². The van der Waals surface area contributed by atoms with Crippen LogP contribution in [0.3, 0.4) is 0 Å². The van der Waals surface area contributed by atoms with Gasteiger partial charge in [0.2, 0.25) is 5.91 Å². The SMILES string of the molecule is NCCNC(=O)c1ccccc1NC(=O)C1C2CCCCC21. The number of carbonyl (C=O) groups excluding carboxylic acids is 2. The van der Waals surface area contributed by atoms with Gasteiger partial charge in [-0.15, -0.1) is 0 Å². The predicted molar refractivity (Wildman–Crippen MR) is 85.4 cm³/mol. The van der Waals surface area contributed by atoms with E-state index in [0.717, 1.165) is 0 Å². The van der Waals surface area contributed by atoms with Crippen LogP contribution >= 0.6 is 0 Å². The summed E-state index contributed by atoms with van der Waals surface area (Å²) in [7, 11) is 0. The summed E-state index contributed by atoms with van der Waals surface area (Å²) in [5.41, 5.74) is 6.49. The van der Waals surface area contributed by atoms with Crippen molar-refractivity contribution in [2.24, 2.45) is 23.5 Å². The van der Waals surface area contributed by atoms with Crippen LogP contribution in [-0.2, 0) is 4.79 Å². The molecule has 3 rings (SSSR count). The Bertz CT molecular complexity index is 561. The molecule has 0 heterocycles. The summed E-state index contributed by atoms with van der Waals surface area (Å²) in [6.45, 7) is 0.819. The Balaban J connectivity index is 1.67. The van der Waals surface area contributed by atoms with Crippen LogP contribution in [-0.4, -0.2) is 24.9 Å². The molecule has 2 saturated carbocycles. The van der Waals surface area contributed by atoms with E-state index < -0.39 is 0 Å². The second-order valence-electron chi connectivity index (χ2n) is 6.22. The summed E-state index contributed by atoms with van der Waals surface area (Å²) in [6.07, 6.45) is 4.81. The fourth-order valence-electron chi connectivity index (χ4n) is 3.67. The Morgan fingerprint density at radius 1 is 1.14 bits per heavy atom. The summed E-state index contributed by atoms with van der Waals surface area (Å²) in [6, 6.07) is 7.13. The van der Waals surface area contributed by atoms with Crippen molar-refractivity contribution >= 4 is 17.5 Å². The molecule has 0 saturated heterocycles. The number of nitrogens with two attached hydrogens (primary N) is 1. The van der Waals surface area contributed by atoms with Crippen LogP contribution in [0, 0.1) is 17.8 Å². The summed E-state index contributed by atoms with van der Waals surface area (Å²) in [5, 5.41) is 5.70. The molecule has 2 amide bonds. The number of rotatable bonds is 5.